The van der Waals surface area contributed by atoms with Crippen molar-refractivity contribution in [3.63, 3.8) is 0 Å². The van der Waals surface area contributed by atoms with Crippen LogP contribution in [0.25, 0.3) is 0 Å². The van der Waals surface area contributed by atoms with Crippen molar-refractivity contribution in [3.05, 3.63) is 0 Å². The molecule has 0 amide bonds. The van der Waals surface area contributed by atoms with Gasteiger partial charge in [0, 0.05) is 5.41 Å². The summed E-state index contributed by atoms with van der Waals surface area (Å²) in [5.74, 6) is 3.07. The lowest BCUT2D eigenvalue weighted by molar-refractivity contribution is -0.154. The molecule has 0 N–H and O–H groups in total. The number of carbonyl (C=O) groups excluding carboxylic acids is 1. The van der Waals surface area contributed by atoms with E-state index in [0.29, 0.717) is 6.61 Å². The quantitative estimate of drug-likeness (QED) is 0.578. The summed E-state index contributed by atoms with van der Waals surface area (Å²) in [4.78, 5) is 12.5. The minimum atomic E-state index is 0.109. The lowest BCUT2D eigenvalue weighted by Gasteiger charge is -2.37. The van der Waals surface area contributed by atoms with Crippen LogP contribution in [-0.4, -0.2) is 12.6 Å². The molecule has 0 heterocycles. The van der Waals surface area contributed by atoms with Crippen LogP contribution < -0.4 is 0 Å². The van der Waals surface area contributed by atoms with Gasteiger partial charge in [-0.3, -0.25) is 4.79 Å². The zero-order chi connectivity index (χ0) is 17.0. The lowest BCUT2D eigenvalue weighted by Crippen LogP contribution is -2.32. The van der Waals surface area contributed by atoms with Crippen LogP contribution in [0.4, 0.5) is 0 Å². The molecule has 3 aliphatic carbocycles. The van der Waals surface area contributed by atoms with Gasteiger partial charge < -0.3 is 4.74 Å². The fraction of sp³-hybridized carbons (Fsp3) is 0.955. The Morgan fingerprint density at radius 3 is 2.00 bits per heavy atom. The van der Waals surface area contributed by atoms with E-state index in [4.69, 9.17) is 4.74 Å². The van der Waals surface area contributed by atoms with Crippen molar-refractivity contribution in [3.8, 4) is 0 Å². The first-order valence-electron chi connectivity index (χ1n) is 10.7. The molecule has 0 atom stereocenters. The molecule has 0 unspecified atom stereocenters. The standard InChI is InChI=1S/C22H38O2/c1-17-6-8-18(9-7-17)19-10-12-20(13-11-19)21(23)24-16-22(2)14-4-3-5-15-22/h17-20H,3-16H2,1-2H3. The first-order valence-corrected chi connectivity index (χ1v) is 10.7. The van der Waals surface area contributed by atoms with Crippen molar-refractivity contribution >= 4 is 5.97 Å². The third-order valence-electron chi connectivity index (χ3n) is 7.46. The Balaban J connectivity index is 1.38. The normalized spacial score (nSPS) is 36.9. The average Bonchev–Trinajstić information content (AvgIpc) is 2.61. The van der Waals surface area contributed by atoms with Crippen molar-refractivity contribution in [1.29, 1.82) is 0 Å². The van der Waals surface area contributed by atoms with E-state index in [0.717, 1.165) is 30.6 Å². The fourth-order valence-electron chi connectivity index (χ4n) is 5.50. The van der Waals surface area contributed by atoms with Crippen molar-refractivity contribution in [2.75, 3.05) is 6.61 Å². The molecule has 0 aromatic heterocycles. The highest BCUT2D eigenvalue weighted by Gasteiger charge is 2.34. The molecule has 0 bridgehead atoms. The Bertz CT molecular complexity index is 394. The largest absolute Gasteiger partial charge is 0.465 e. The Morgan fingerprint density at radius 1 is 0.875 bits per heavy atom. The van der Waals surface area contributed by atoms with Crippen LogP contribution >= 0.6 is 0 Å². The average molecular weight is 335 g/mol. The van der Waals surface area contributed by atoms with E-state index in [1.807, 2.05) is 0 Å². The van der Waals surface area contributed by atoms with E-state index < -0.39 is 0 Å². The molecule has 2 nitrogen and oxygen atoms in total. The molecule has 3 saturated carbocycles. The maximum absolute atomic E-state index is 12.5. The summed E-state index contributed by atoms with van der Waals surface area (Å²) in [7, 11) is 0. The summed E-state index contributed by atoms with van der Waals surface area (Å²) >= 11 is 0. The van der Waals surface area contributed by atoms with E-state index in [1.54, 1.807) is 0 Å². The van der Waals surface area contributed by atoms with Crippen LogP contribution in [0.3, 0.4) is 0 Å². The van der Waals surface area contributed by atoms with Gasteiger partial charge in [0.25, 0.3) is 0 Å². The van der Waals surface area contributed by atoms with Gasteiger partial charge in [-0.1, -0.05) is 46.0 Å². The predicted octanol–water partition coefficient (Wildman–Crippen LogP) is 6.13. The predicted molar refractivity (Wildman–Crippen MR) is 98.7 cm³/mol. The molecular formula is C22H38O2. The molecule has 3 fully saturated rings. The topological polar surface area (TPSA) is 26.3 Å². The minimum Gasteiger partial charge on any atom is -0.465 e. The van der Waals surface area contributed by atoms with Crippen molar-refractivity contribution in [2.45, 2.75) is 97.3 Å². The summed E-state index contributed by atoms with van der Waals surface area (Å²) in [5, 5.41) is 0. The third kappa shape index (κ3) is 4.76. The van der Waals surface area contributed by atoms with Gasteiger partial charge in [-0.05, 0) is 69.1 Å². The zero-order valence-corrected chi connectivity index (χ0v) is 16.0. The van der Waals surface area contributed by atoms with Crippen LogP contribution in [0.2, 0.25) is 0 Å². The summed E-state index contributed by atoms with van der Waals surface area (Å²) in [6.45, 7) is 5.36. The van der Waals surface area contributed by atoms with Gasteiger partial charge in [0.1, 0.15) is 0 Å². The van der Waals surface area contributed by atoms with Crippen molar-refractivity contribution < 1.29 is 9.53 Å². The molecule has 3 aliphatic rings. The Labute approximate surface area is 149 Å². The van der Waals surface area contributed by atoms with Crippen molar-refractivity contribution in [2.24, 2.45) is 29.1 Å². The second-order valence-electron chi connectivity index (χ2n) is 9.61. The Morgan fingerprint density at radius 2 is 1.42 bits per heavy atom. The van der Waals surface area contributed by atoms with Gasteiger partial charge in [0.05, 0.1) is 12.5 Å². The Hall–Kier alpha value is -0.530. The lowest BCUT2D eigenvalue weighted by atomic mass is 9.69. The minimum absolute atomic E-state index is 0.109. The summed E-state index contributed by atoms with van der Waals surface area (Å²) < 4.78 is 5.78. The van der Waals surface area contributed by atoms with Gasteiger partial charge in [-0.25, -0.2) is 0 Å². The van der Waals surface area contributed by atoms with Crippen LogP contribution in [0.5, 0.6) is 0 Å². The Kier molecular flexibility index (Phi) is 6.27. The van der Waals surface area contributed by atoms with Crippen molar-refractivity contribution in [1.82, 2.24) is 0 Å². The molecule has 0 aromatic rings. The van der Waals surface area contributed by atoms with Gasteiger partial charge in [-0.15, -0.1) is 0 Å². The highest BCUT2D eigenvalue weighted by Crippen LogP contribution is 2.42. The molecule has 24 heavy (non-hydrogen) atoms. The number of hydrogen-bond acceptors (Lipinski definition) is 2. The molecule has 0 spiro atoms. The van der Waals surface area contributed by atoms with Gasteiger partial charge in [-0.2, -0.15) is 0 Å². The van der Waals surface area contributed by atoms with Gasteiger partial charge in [0.2, 0.25) is 0 Å². The first-order chi connectivity index (χ1) is 11.6. The van der Waals surface area contributed by atoms with Crippen LogP contribution in [0, 0.1) is 29.1 Å². The summed E-state index contributed by atoms with van der Waals surface area (Å²) in [6, 6.07) is 0. The van der Waals surface area contributed by atoms with E-state index in [1.165, 1.54) is 70.6 Å². The number of ether oxygens (including phenoxy) is 1. The number of carbonyl (C=O) groups is 1. The second kappa shape index (κ2) is 8.23. The van der Waals surface area contributed by atoms with Crippen LogP contribution in [-0.2, 0) is 9.53 Å². The molecule has 3 rings (SSSR count). The van der Waals surface area contributed by atoms with Crippen LogP contribution in [0.1, 0.15) is 97.3 Å². The van der Waals surface area contributed by atoms with E-state index in [2.05, 4.69) is 13.8 Å². The van der Waals surface area contributed by atoms with E-state index in [9.17, 15) is 4.79 Å². The first kappa shape index (κ1) is 18.3. The second-order valence-corrected chi connectivity index (χ2v) is 9.61. The van der Waals surface area contributed by atoms with E-state index in [-0.39, 0.29) is 17.3 Å². The summed E-state index contributed by atoms with van der Waals surface area (Å²) in [5.41, 5.74) is 0.254. The maximum Gasteiger partial charge on any atom is 0.308 e. The monoisotopic (exact) mass is 334 g/mol. The molecular weight excluding hydrogens is 296 g/mol. The van der Waals surface area contributed by atoms with Gasteiger partial charge in [0.15, 0.2) is 0 Å². The zero-order valence-electron chi connectivity index (χ0n) is 16.0. The maximum atomic E-state index is 12.5. The molecule has 0 radical (unpaired) electrons. The molecule has 0 aromatic carbocycles. The highest BCUT2D eigenvalue weighted by molar-refractivity contribution is 5.72. The number of esters is 1. The molecule has 138 valence electrons. The van der Waals surface area contributed by atoms with Crippen LogP contribution in [0.15, 0.2) is 0 Å². The number of hydrogen-bond donors (Lipinski definition) is 0. The molecule has 2 heteroatoms. The smallest absolute Gasteiger partial charge is 0.308 e. The fourth-order valence-corrected chi connectivity index (χ4v) is 5.50. The SMILES string of the molecule is CC1CCC(C2CCC(C(=O)OCC3(C)CCCCC3)CC2)CC1. The molecule has 0 saturated heterocycles. The van der Waals surface area contributed by atoms with Gasteiger partial charge >= 0.3 is 5.97 Å². The molecule has 0 aliphatic heterocycles. The summed E-state index contributed by atoms with van der Waals surface area (Å²) in [6.07, 6.45) is 16.8. The third-order valence-corrected chi connectivity index (χ3v) is 7.46. The highest BCUT2D eigenvalue weighted by atomic mass is 16.5. The number of rotatable bonds is 4. The van der Waals surface area contributed by atoms with E-state index >= 15 is 0 Å².